The maximum atomic E-state index is 11.3. The molecule has 0 saturated heterocycles. The second kappa shape index (κ2) is 4.92. The molecule has 0 radical (unpaired) electrons. The van der Waals surface area contributed by atoms with E-state index >= 15 is 0 Å². The van der Waals surface area contributed by atoms with Gasteiger partial charge in [-0.1, -0.05) is 0 Å². The Hall–Kier alpha value is -1.65. The molecule has 0 bridgehead atoms. The van der Waals surface area contributed by atoms with Gasteiger partial charge in [-0.3, -0.25) is 4.79 Å². The van der Waals surface area contributed by atoms with E-state index in [1.165, 1.54) is 6.33 Å². The molecule has 1 aromatic heterocycles. The maximum Gasteiger partial charge on any atom is 0.223 e. The molecule has 0 aliphatic heterocycles. The number of hydrogen-bond donors (Lipinski definition) is 2. The largest absolute Gasteiger partial charge is 0.368 e. The molecule has 1 fully saturated rings. The average molecular weight is 220 g/mol. The molecule has 2 rings (SSSR count). The van der Waals surface area contributed by atoms with Crippen LogP contribution in [0.2, 0.25) is 0 Å². The first kappa shape index (κ1) is 10.9. The lowest BCUT2D eigenvalue weighted by Gasteiger charge is -2.06. The van der Waals surface area contributed by atoms with Crippen molar-refractivity contribution >= 4 is 11.7 Å². The van der Waals surface area contributed by atoms with Crippen LogP contribution >= 0.6 is 0 Å². The quantitative estimate of drug-likeness (QED) is 0.718. The van der Waals surface area contributed by atoms with Crippen LogP contribution in [0.3, 0.4) is 0 Å². The number of nitrogens with zero attached hydrogens (tertiary/aromatic N) is 2. The van der Waals surface area contributed by atoms with Crippen molar-refractivity contribution in [1.82, 2.24) is 15.3 Å². The van der Waals surface area contributed by atoms with E-state index in [9.17, 15) is 4.79 Å². The summed E-state index contributed by atoms with van der Waals surface area (Å²) in [5.41, 5.74) is 0.930. The zero-order chi connectivity index (χ0) is 11.4. The van der Waals surface area contributed by atoms with Gasteiger partial charge in [0.2, 0.25) is 5.91 Å². The van der Waals surface area contributed by atoms with Gasteiger partial charge in [0.25, 0.3) is 0 Å². The summed E-state index contributed by atoms with van der Waals surface area (Å²) in [5.74, 6) is 1.26. The number of rotatable bonds is 5. The summed E-state index contributed by atoms with van der Waals surface area (Å²) in [7, 11) is 0. The molecular weight excluding hydrogens is 204 g/mol. The molecular formula is C11H16N4O. The van der Waals surface area contributed by atoms with Crippen LogP contribution in [0.15, 0.2) is 12.4 Å². The molecule has 1 heterocycles. The first-order valence-corrected chi connectivity index (χ1v) is 5.56. The predicted octanol–water partition coefficient (Wildman–Crippen LogP) is 0.723. The lowest BCUT2D eigenvalue weighted by Crippen LogP contribution is -2.29. The molecule has 0 atom stereocenters. The van der Waals surface area contributed by atoms with Gasteiger partial charge >= 0.3 is 0 Å². The number of amides is 1. The van der Waals surface area contributed by atoms with Crippen LogP contribution in [0.4, 0.5) is 5.82 Å². The molecule has 0 spiro atoms. The molecule has 1 amide bonds. The monoisotopic (exact) mass is 220 g/mol. The number of nitrogens with one attached hydrogen (secondary N) is 2. The van der Waals surface area contributed by atoms with Crippen LogP contribution in [-0.4, -0.2) is 29.0 Å². The summed E-state index contributed by atoms with van der Waals surface area (Å²) in [5, 5.41) is 6.02. The third-order valence-corrected chi connectivity index (χ3v) is 2.48. The highest BCUT2D eigenvalue weighted by molar-refractivity contribution is 5.80. The first-order chi connectivity index (χ1) is 7.75. The number of carbonyl (C=O) groups is 1. The van der Waals surface area contributed by atoms with Crippen LogP contribution in [0.1, 0.15) is 18.5 Å². The number of hydrogen-bond acceptors (Lipinski definition) is 4. The smallest absolute Gasteiger partial charge is 0.223 e. The molecule has 2 N–H and O–H groups in total. The summed E-state index contributed by atoms with van der Waals surface area (Å²) in [4.78, 5) is 19.4. The highest BCUT2D eigenvalue weighted by Crippen LogP contribution is 2.28. The third kappa shape index (κ3) is 3.18. The van der Waals surface area contributed by atoms with E-state index in [1.807, 2.05) is 13.0 Å². The average Bonchev–Trinajstić information content (AvgIpc) is 3.08. The summed E-state index contributed by atoms with van der Waals surface area (Å²) < 4.78 is 0. The fraction of sp³-hybridized carbons (Fsp3) is 0.545. The van der Waals surface area contributed by atoms with Crippen molar-refractivity contribution in [3.05, 3.63) is 18.1 Å². The molecule has 5 nitrogen and oxygen atoms in total. The van der Waals surface area contributed by atoms with Crippen molar-refractivity contribution < 1.29 is 4.79 Å². The summed E-state index contributed by atoms with van der Waals surface area (Å²) >= 11 is 0. The van der Waals surface area contributed by atoms with Crippen LogP contribution in [0.25, 0.3) is 0 Å². The van der Waals surface area contributed by atoms with E-state index in [4.69, 9.17) is 0 Å². The molecule has 1 saturated carbocycles. The lowest BCUT2D eigenvalue weighted by molar-refractivity contribution is -0.122. The summed E-state index contributed by atoms with van der Waals surface area (Å²) in [6, 6.07) is 1.88. The van der Waals surface area contributed by atoms with Crippen LogP contribution in [0.5, 0.6) is 0 Å². The minimum Gasteiger partial charge on any atom is -0.368 e. The number of carbonyl (C=O) groups excluding carboxylic acids is 1. The minimum atomic E-state index is 0.181. The Morgan fingerprint density at radius 1 is 1.44 bits per heavy atom. The van der Waals surface area contributed by atoms with Gasteiger partial charge in [0, 0.05) is 30.8 Å². The standard InChI is InChI=1S/C11H16N4O/c1-8-6-10(15-7-14-8)12-4-5-13-11(16)9-2-3-9/h6-7,9H,2-5H2,1H3,(H,13,16)(H,12,14,15). The molecule has 1 aliphatic rings. The zero-order valence-electron chi connectivity index (χ0n) is 9.36. The van der Waals surface area contributed by atoms with E-state index in [1.54, 1.807) is 0 Å². The van der Waals surface area contributed by atoms with Crippen molar-refractivity contribution in [3.8, 4) is 0 Å². The molecule has 1 aliphatic carbocycles. The topological polar surface area (TPSA) is 66.9 Å². The highest BCUT2D eigenvalue weighted by Gasteiger charge is 2.28. The molecule has 0 unspecified atom stereocenters. The summed E-state index contributed by atoms with van der Waals surface area (Å²) in [6.45, 7) is 3.25. The zero-order valence-corrected chi connectivity index (χ0v) is 9.36. The van der Waals surface area contributed by atoms with Crippen LogP contribution < -0.4 is 10.6 Å². The second-order valence-electron chi connectivity index (χ2n) is 4.04. The highest BCUT2D eigenvalue weighted by atomic mass is 16.2. The Morgan fingerprint density at radius 2 is 2.25 bits per heavy atom. The molecule has 16 heavy (non-hydrogen) atoms. The fourth-order valence-corrected chi connectivity index (χ4v) is 1.42. The predicted molar refractivity (Wildman–Crippen MR) is 61.0 cm³/mol. The maximum absolute atomic E-state index is 11.3. The number of aromatic nitrogens is 2. The van der Waals surface area contributed by atoms with Crippen molar-refractivity contribution in [3.63, 3.8) is 0 Å². The van der Waals surface area contributed by atoms with E-state index in [2.05, 4.69) is 20.6 Å². The molecule has 86 valence electrons. The van der Waals surface area contributed by atoms with Gasteiger partial charge in [-0.05, 0) is 19.8 Å². The Balaban J connectivity index is 1.65. The van der Waals surface area contributed by atoms with Gasteiger partial charge in [-0.15, -0.1) is 0 Å². The minimum absolute atomic E-state index is 0.181. The molecule has 0 aromatic carbocycles. The third-order valence-electron chi connectivity index (χ3n) is 2.48. The second-order valence-corrected chi connectivity index (χ2v) is 4.04. The first-order valence-electron chi connectivity index (χ1n) is 5.56. The van der Waals surface area contributed by atoms with E-state index in [0.717, 1.165) is 24.4 Å². The van der Waals surface area contributed by atoms with Crippen molar-refractivity contribution in [2.45, 2.75) is 19.8 Å². The van der Waals surface area contributed by atoms with Gasteiger partial charge in [0.05, 0.1) is 0 Å². The fourth-order valence-electron chi connectivity index (χ4n) is 1.42. The van der Waals surface area contributed by atoms with Crippen LogP contribution in [-0.2, 0) is 4.79 Å². The van der Waals surface area contributed by atoms with Gasteiger partial charge in [-0.25, -0.2) is 9.97 Å². The number of anilines is 1. The van der Waals surface area contributed by atoms with E-state index in [-0.39, 0.29) is 11.8 Å². The van der Waals surface area contributed by atoms with Crippen molar-refractivity contribution in [2.24, 2.45) is 5.92 Å². The van der Waals surface area contributed by atoms with Gasteiger partial charge in [0.15, 0.2) is 0 Å². The van der Waals surface area contributed by atoms with Gasteiger partial charge < -0.3 is 10.6 Å². The SMILES string of the molecule is Cc1cc(NCCNC(=O)C2CC2)ncn1. The Kier molecular flexibility index (Phi) is 3.34. The van der Waals surface area contributed by atoms with Crippen LogP contribution in [0, 0.1) is 12.8 Å². The van der Waals surface area contributed by atoms with Crippen molar-refractivity contribution in [1.29, 1.82) is 0 Å². The molecule has 5 heteroatoms. The van der Waals surface area contributed by atoms with Gasteiger partial charge in [0.1, 0.15) is 12.1 Å². The lowest BCUT2D eigenvalue weighted by atomic mass is 10.4. The molecule has 1 aromatic rings. The Morgan fingerprint density at radius 3 is 2.94 bits per heavy atom. The normalized spacial score (nSPS) is 14.6. The van der Waals surface area contributed by atoms with E-state index in [0.29, 0.717) is 13.1 Å². The number of aryl methyl sites for hydroxylation is 1. The Labute approximate surface area is 94.7 Å². The van der Waals surface area contributed by atoms with Gasteiger partial charge in [-0.2, -0.15) is 0 Å². The Bertz CT molecular complexity index is 376. The van der Waals surface area contributed by atoms with Crippen molar-refractivity contribution in [2.75, 3.05) is 18.4 Å². The van der Waals surface area contributed by atoms with E-state index < -0.39 is 0 Å². The summed E-state index contributed by atoms with van der Waals surface area (Å²) in [6.07, 6.45) is 3.62.